The minimum Gasteiger partial charge on any atom is -0.390 e. The second-order valence-corrected chi connectivity index (χ2v) is 8.51. The van der Waals surface area contributed by atoms with Gasteiger partial charge in [-0.3, -0.25) is 4.79 Å². The molecule has 1 rings (SSSR count). The van der Waals surface area contributed by atoms with Crippen molar-refractivity contribution in [2.75, 3.05) is 19.6 Å². The highest BCUT2D eigenvalue weighted by molar-refractivity contribution is 5.76. The molecule has 2 unspecified atom stereocenters. The van der Waals surface area contributed by atoms with E-state index >= 15 is 0 Å². The van der Waals surface area contributed by atoms with Gasteiger partial charge in [0.1, 0.15) is 0 Å². The van der Waals surface area contributed by atoms with Crippen molar-refractivity contribution < 1.29 is 9.90 Å². The van der Waals surface area contributed by atoms with Crippen LogP contribution in [-0.2, 0) is 4.79 Å². The average Bonchev–Trinajstić information content (AvgIpc) is 2.49. The second kappa shape index (κ2) is 7.10. The van der Waals surface area contributed by atoms with Gasteiger partial charge in [0, 0.05) is 31.6 Å². The quantitative estimate of drug-likeness (QED) is 0.838. The van der Waals surface area contributed by atoms with E-state index in [1.54, 1.807) is 0 Å². The fraction of sp³-hybridized carbons (Fsp3) is 0.941. The average molecular weight is 298 g/mol. The van der Waals surface area contributed by atoms with Gasteiger partial charge < -0.3 is 15.3 Å². The molecule has 2 atom stereocenters. The molecule has 2 N–H and O–H groups in total. The summed E-state index contributed by atoms with van der Waals surface area (Å²) in [5.74, 6) is 0.771. The molecule has 0 aromatic carbocycles. The third-order valence-corrected chi connectivity index (χ3v) is 4.33. The van der Waals surface area contributed by atoms with E-state index in [-0.39, 0.29) is 16.9 Å². The molecule has 0 saturated carbocycles. The Morgan fingerprint density at radius 1 is 1.24 bits per heavy atom. The van der Waals surface area contributed by atoms with E-state index in [9.17, 15) is 9.90 Å². The fourth-order valence-electron chi connectivity index (χ4n) is 2.84. The molecule has 1 aliphatic rings. The normalized spacial score (nSPS) is 23.1. The van der Waals surface area contributed by atoms with Crippen molar-refractivity contribution in [1.29, 1.82) is 0 Å². The van der Waals surface area contributed by atoms with Gasteiger partial charge in [0.05, 0.1) is 6.10 Å². The molecule has 1 heterocycles. The summed E-state index contributed by atoms with van der Waals surface area (Å²) in [6, 6.07) is 0. The van der Waals surface area contributed by atoms with Crippen molar-refractivity contribution in [2.45, 2.75) is 72.4 Å². The van der Waals surface area contributed by atoms with E-state index in [4.69, 9.17) is 0 Å². The number of aliphatic hydroxyl groups excluding tert-OH is 1. The molecule has 0 spiro atoms. The van der Waals surface area contributed by atoms with Gasteiger partial charge in [0.15, 0.2) is 0 Å². The van der Waals surface area contributed by atoms with Crippen molar-refractivity contribution in [3.63, 3.8) is 0 Å². The van der Waals surface area contributed by atoms with Crippen molar-refractivity contribution in [1.82, 2.24) is 10.2 Å². The Morgan fingerprint density at radius 3 is 2.38 bits per heavy atom. The Labute approximate surface area is 130 Å². The zero-order valence-electron chi connectivity index (χ0n) is 14.7. The summed E-state index contributed by atoms with van der Waals surface area (Å²) in [5, 5.41) is 13.4. The van der Waals surface area contributed by atoms with Crippen LogP contribution in [0.3, 0.4) is 0 Å². The molecule has 0 aromatic heterocycles. The van der Waals surface area contributed by atoms with Crippen LogP contribution in [-0.4, -0.2) is 47.2 Å². The third kappa shape index (κ3) is 6.79. The molecule has 4 heteroatoms. The Bertz CT molecular complexity index is 342. The number of β-amino-alcohol motifs (C(OH)–C–C–N with tert-alkyl or cyclic N) is 1. The molecular weight excluding hydrogens is 264 g/mol. The lowest BCUT2D eigenvalue weighted by atomic mass is 9.77. The summed E-state index contributed by atoms with van der Waals surface area (Å²) in [6.45, 7) is 14.7. The lowest BCUT2D eigenvalue weighted by Gasteiger charge is -2.30. The number of nitrogens with zero attached hydrogens (tertiary/aromatic N) is 1. The van der Waals surface area contributed by atoms with Crippen molar-refractivity contribution in [3.05, 3.63) is 0 Å². The van der Waals surface area contributed by atoms with Gasteiger partial charge in [-0.05, 0) is 44.9 Å². The van der Waals surface area contributed by atoms with Crippen LogP contribution < -0.4 is 5.32 Å². The first-order valence-corrected chi connectivity index (χ1v) is 8.20. The molecule has 0 radical (unpaired) electrons. The standard InChI is InChI=1S/C17H34N2O2/c1-16(2,3)13-7-8-15(21)19(10-9-13)12-14(20)11-18-17(4,5)6/h13-14,18,20H,7-12H2,1-6H3. The molecule has 0 bridgehead atoms. The maximum atomic E-state index is 12.2. The lowest BCUT2D eigenvalue weighted by molar-refractivity contribution is -0.132. The van der Waals surface area contributed by atoms with Crippen LogP contribution in [0.5, 0.6) is 0 Å². The number of amides is 1. The smallest absolute Gasteiger partial charge is 0.222 e. The Balaban J connectivity index is 2.49. The van der Waals surface area contributed by atoms with Gasteiger partial charge in [-0.1, -0.05) is 20.8 Å². The Morgan fingerprint density at radius 2 is 1.86 bits per heavy atom. The summed E-state index contributed by atoms with van der Waals surface area (Å²) >= 11 is 0. The minimum absolute atomic E-state index is 0.0128. The number of nitrogens with one attached hydrogen (secondary N) is 1. The summed E-state index contributed by atoms with van der Waals surface area (Å²) in [4.78, 5) is 14.1. The first-order chi connectivity index (χ1) is 9.49. The molecule has 1 aliphatic heterocycles. The first kappa shape index (κ1) is 18.4. The third-order valence-electron chi connectivity index (χ3n) is 4.33. The van der Waals surface area contributed by atoms with E-state index in [2.05, 4.69) is 46.9 Å². The number of carbonyl (C=O) groups excluding carboxylic acids is 1. The summed E-state index contributed by atoms with van der Waals surface area (Å²) in [5.41, 5.74) is 0.240. The molecule has 21 heavy (non-hydrogen) atoms. The molecule has 124 valence electrons. The molecule has 0 aliphatic carbocycles. The van der Waals surface area contributed by atoms with Gasteiger partial charge in [0.2, 0.25) is 5.91 Å². The highest BCUT2D eigenvalue weighted by Crippen LogP contribution is 2.34. The van der Waals surface area contributed by atoms with E-state index in [1.807, 2.05) is 4.90 Å². The molecule has 1 amide bonds. The van der Waals surface area contributed by atoms with Crippen LogP contribution in [0.15, 0.2) is 0 Å². The predicted molar refractivity (Wildman–Crippen MR) is 87.1 cm³/mol. The number of rotatable bonds is 4. The molecule has 1 saturated heterocycles. The van der Waals surface area contributed by atoms with E-state index in [1.165, 1.54) is 0 Å². The largest absolute Gasteiger partial charge is 0.390 e. The van der Waals surface area contributed by atoms with Gasteiger partial charge in [-0.15, -0.1) is 0 Å². The van der Waals surface area contributed by atoms with E-state index < -0.39 is 6.10 Å². The minimum atomic E-state index is -0.501. The maximum absolute atomic E-state index is 12.2. The monoisotopic (exact) mass is 298 g/mol. The number of likely N-dealkylation sites (tertiary alicyclic amines) is 1. The highest BCUT2D eigenvalue weighted by atomic mass is 16.3. The summed E-state index contributed by atoms with van der Waals surface area (Å²) in [7, 11) is 0. The van der Waals surface area contributed by atoms with Gasteiger partial charge in [-0.2, -0.15) is 0 Å². The SMILES string of the molecule is CC(C)(C)NCC(O)CN1CCC(C(C)(C)C)CCC1=O. The van der Waals surface area contributed by atoms with Gasteiger partial charge in [-0.25, -0.2) is 0 Å². The molecule has 4 nitrogen and oxygen atoms in total. The molecular formula is C17H34N2O2. The summed E-state index contributed by atoms with van der Waals surface area (Å²) in [6.07, 6.45) is 2.12. The van der Waals surface area contributed by atoms with Crippen LogP contribution in [0, 0.1) is 11.3 Å². The highest BCUT2D eigenvalue weighted by Gasteiger charge is 2.30. The Kier molecular flexibility index (Phi) is 6.23. The molecule has 1 fully saturated rings. The van der Waals surface area contributed by atoms with E-state index in [0.717, 1.165) is 19.4 Å². The number of hydrogen-bond donors (Lipinski definition) is 2. The summed E-state index contributed by atoms with van der Waals surface area (Å²) < 4.78 is 0. The zero-order valence-corrected chi connectivity index (χ0v) is 14.7. The molecule has 0 aromatic rings. The first-order valence-electron chi connectivity index (χ1n) is 8.20. The van der Waals surface area contributed by atoms with Crippen LogP contribution >= 0.6 is 0 Å². The van der Waals surface area contributed by atoms with E-state index in [0.29, 0.717) is 25.4 Å². The fourth-order valence-corrected chi connectivity index (χ4v) is 2.84. The van der Waals surface area contributed by atoms with Crippen LogP contribution in [0.2, 0.25) is 0 Å². The number of aliphatic hydroxyl groups is 1. The maximum Gasteiger partial charge on any atom is 0.222 e. The lowest BCUT2D eigenvalue weighted by Crippen LogP contribution is -2.46. The van der Waals surface area contributed by atoms with Gasteiger partial charge >= 0.3 is 0 Å². The topological polar surface area (TPSA) is 52.6 Å². The van der Waals surface area contributed by atoms with Crippen molar-refractivity contribution >= 4 is 5.91 Å². The number of carbonyl (C=O) groups is 1. The predicted octanol–water partition coefficient (Wildman–Crippen LogP) is 2.41. The number of hydrogen-bond acceptors (Lipinski definition) is 3. The van der Waals surface area contributed by atoms with Crippen LogP contribution in [0.1, 0.15) is 60.8 Å². The van der Waals surface area contributed by atoms with Crippen molar-refractivity contribution in [3.8, 4) is 0 Å². The second-order valence-electron chi connectivity index (χ2n) is 8.51. The zero-order chi connectivity index (χ0) is 16.3. The van der Waals surface area contributed by atoms with Crippen LogP contribution in [0.25, 0.3) is 0 Å². The van der Waals surface area contributed by atoms with Gasteiger partial charge in [0.25, 0.3) is 0 Å². The van der Waals surface area contributed by atoms with Crippen LogP contribution in [0.4, 0.5) is 0 Å². The Hall–Kier alpha value is -0.610. The van der Waals surface area contributed by atoms with Crippen molar-refractivity contribution in [2.24, 2.45) is 11.3 Å².